The van der Waals surface area contributed by atoms with Crippen LogP contribution in [0.5, 0.6) is 0 Å². The zero-order chi connectivity index (χ0) is 18.1. The number of amides is 1. The lowest BCUT2D eigenvalue weighted by Gasteiger charge is -2.37. The van der Waals surface area contributed by atoms with Crippen molar-refractivity contribution in [1.82, 2.24) is 4.90 Å². The maximum atomic E-state index is 13.2. The molecule has 1 fully saturated rings. The monoisotopic (exact) mass is 345 g/mol. The number of β-amino-alcohol motifs (C(OH)–C–C–N with tert-alkyl or cyclic N) is 1. The zero-order valence-electron chi connectivity index (χ0n) is 13.9. The Kier molecular flexibility index (Phi) is 5.13. The van der Waals surface area contributed by atoms with Crippen LogP contribution >= 0.6 is 0 Å². The number of hydrogen-bond acceptors (Lipinski definition) is 3. The third kappa shape index (κ3) is 4.41. The van der Waals surface area contributed by atoms with Crippen molar-refractivity contribution in [1.29, 1.82) is 0 Å². The van der Waals surface area contributed by atoms with Gasteiger partial charge in [-0.05, 0) is 38.8 Å². The summed E-state index contributed by atoms with van der Waals surface area (Å²) in [5, 5.41) is 10.3. The van der Waals surface area contributed by atoms with E-state index in [0.29, 0.717) is 0 Å². The summed E-state index contributed by atoms with van der Waals surface area (Å²) >= 11 is 0. The summed E-state index contributed by atoms with van der Waals surface area (Å²) < 4.78 is 44.7. The van der Waals surface area contributed by atoms with Crippen LogP contribution in [0.25, 0.3) is 0 Å². The number of aliphatic hydroxyl groups excluding tert-OH is 1. The number of carbonyl (C=O) groups is 1. The van der Waals surface area contributed by atoms with Crippen molar-refractivity contribution in [2.45, 2.75) is 51.0 Å². The molecule has 1 heterocycles. The van der Waals surface area contributed by atoms with Crippen LogP contribution in [-0.2, 0) is 10.9 Å². The zero-order valence-corrected chi connectivity index (χ0v) is 13.9. The summed E-state index contributed by atoms with van der Waals surface area (Å²) in [6.07, 6.45) is -5.87. The van der Waals surface area contributed by atoms with E-state index in [2.05, 4.69) is 0 Å². The van der Waals surface area contributed by atoms with E-state index in [1.807, 2.05) is 0 Å². The highest BCUT2D eigenvalue weighted by Crippen LogP contribution is 2.38. The van der Waals surface area contributed by atoms with Gasteiger partial charge in [-0.25, -0.2) is 4.79 Å². The second kappa shape index (κ2) is 6.63. The molecule has 2 rings (SSSR count). The van der Waals surface area contributed by atoms with Crippen molar-refractivity contribution in [2.75, 3.05) is 13.1 Å². The molecule has 1 aromatic carbocycles. The molecule has 1 aliphatic rings. The smallest absolute Gasteiger partial charge is 0.416 e. The SMILES string of the molecule is CC(C)(C)OC(=O)N1CC[C@@H](c2ccccc2C(F)(F)F)[C@H](O)C1. The van der Waals surface area contributed by atoms with Gasteiger partial charge >= 0.3 is 12.3 Å². The number of rotatable bonds is 1. The Balaban J connectivity index is 2.14. The molecule has 0 saturated carbocycles. The van der Waals surface area contributed by atoms with Gasteiger partial charge in [0.05, 0.1) is 18.2 Å². The molecule has 1 amide bonds. The summed E-state index contributed by atoms with van der Waals surface area (Å²) in [4.78, 5) is 13.4. The number of hydrogen-bond donors (Lipinski definition) is 1. The van der Waals surface area contributed by atoms with Gasteiger partial charge in [0, 0.05) is 12.5 Å². The number of likely N-dealkylation sites (tertiary alicyclic amines) is 1. The van der Waals surface area contributed by atoms with Crippen LogP contribution in [-0.4, -0.2) is 40.9 Å². The number of nitrogens with zero attached hydrogens (tertiary/aromatic N) is 1. The van der Waals surface area contributed by atoms with Crippen LogP contribution in [0.4, 0.5) is 18.0 Å². The lowest BCUT2D eigenvalue weighted by atomic mass is 9.84. The summed E-state index contributed by atoms with van der Waals surface area (Å²) in [5.74, 6) is -0.665. The summed E-state index contributed by atoms with van der Waals surface area (Å²) in [7, 11) is 0. The van der Waals surface area contributed by atoms with E-state index in [1.54, 1.807) is 20.8 Å². The van der Waals surface area contributed by atoms with Gasteiger partial charge < -0.3 is 14.7 Å². The average Bonchev–Trinajstić information content (AvgIpc) is 2.44. The van der Waals surface area contributed by atoms with E-state index >= 15 is 0 Å². The van der Waals surface area contributed by atoms with E-state index in [-0.39, 0.29) is 25.1 Å². The van der Waals surface area contributed by atoms with Gasteiger partial charge in [-0.1, -0.05) is 18.2 Å². The van der Waals surface area contributed by atoms with Crippen molar-refractivity contribution < 1.29 is 27.8 Å². The highest BCUT2D eigenvalue weighted by Gasteiger charge is 2.39. The number of piperidine rings is 1. The molecule has 0 aliphatic carbocycles. The molecular weight excluding hydrogens is 323 g/mol. The standard InChI is InChI=1S/C17H22F3NO3/c1-16(2,3)24-15(23)21-9-8-12(14(22)10-21)11-6-4-5-7-13(11)17(18,19)20/h4-7,12,14,22H,8-10H2,1-3H3/t12-,14+/m0/s1. The first kappa shape index (κ1) is 18.6. The van der Waals surface area contributed by atoms with E-state index in [0.717, 1.165) is 6.07 Å². The Morgan fingerprint density at radius 1 is 1.25 bits per heavy atom. The molecular formula is C17H22F3NO3. The van der Waals surface area contributed by atoms with E-state index in [4.69, 9.17) is 4.74 Å². The minimum atomic E-state index is -4.47. The third-order valence-corrected chi connectivity index (χ3v) is 3.90. The van der Waals surface area contributed by atoms with E-state index in [1.165, 1.54) is 23.1 Å². The number of halogens is 3. The number of ether oxygens (including phenoxy) is 1. The van der Waals surface area contributed by atoms with Crippen LogP contribution in [0, 0.1) is 0 Å². The maximum absolute atomic E-state index is 13.2. The Morgan fingerprint density at radius 3 is 2.42 bits per heavy atom. The first-order valence-corrected chi connectivity index (χ1v) is 7.81. The normalized spacial score (nSPS) is 22.4. The first-order valence-electron chi connectivity index (χ1n) is 7.81. The molecule has 0 aromatic heterocycles. The van der Waals surface area contributed by atoms with Crippen molar-refractivity contribution in [3.05, 3.63) is 35.4 Å². The number of benzene rings is 1. The fourth-order valence-corrected chi connectivity index (χ4v) is 2.87. The second-order valence-corrected chi connectivity index (χ2v) is 6.97. The lowest BCUT2D eigenvalue weighted by Crippen LogP contribution is -2.47. The highest BCUT2D eigenvalue weighted by atomic mass is 19.4. The molecule has 0 spiro atoms. The Hall–Kier alpha value is -1.76. The third-order valence-electron chi connectivity index (χ3n) is 3.90. The minimum Gasteiger partial charge on any atom is -0.444 e. The quantitative estimate of drug-likeness (QED) is 0.842. The minimum absolute atomic E-state index is 0.0498. The Labute approximate surface area is 139 Å². The van der Waals surface area contributed by atoms with Crippen LogP contribution in [0.15, 0.2) is 24.3 Å². The van der Waals surface area contributed by atoms with Crippen molar-refractivity contribution in [3.63, 3.8) is 0 Å². The van der Waals surface area contributed by atoms with E-state index < -0.39 is 35.5 Å². The van der Waals surface area contributed by atoms with Gasteiger partial charge in [-0.2, -0.15) is 13.2 Å². The van der Waals surface area contributed by atoms with Crippen LogP contribution in [0.2, 0.25) is 0 Å². The van der Waals surface area contributed by atoms with Crippen molar-refractivity contribution >= 4 is 6.09 Å². The molecule has 2 atom stereocenters. The topological polar surface area (TPSA) is 49.8 Å². The first-order chi connectivity index (χ1) is 11.0. The van der Waals surface area contributed by atoms with E-state index in [9.17, 15) is 23.1 Å². The molecule has 134 valence electrons. The van der Waals surface area contributed by atoms with Crippen LogP contribution in [0.3, 0.4) is 0 Å². The fraction of sp³-hybridized carbons (Fsp3) is 0.588. The molecule has 1 N–H and O–H groups in total. The fourth-order valence-electron chi connectivity index (χ4n) is 2.87. The second-order valence-electron chi connectivity index (χ2n) is 6.97. The molecule has 4 nitrogen and oxygen atoms in total. The average molecular weight is 345 g/mol. The van der Waals surface area contributed by atoms with Crippen LogP contribution < -0.4 is 0 Å². The van der Waals surface area contributed by atoms with Crippen molar-refractivity contribution in [3.8, 4) is 0 Å². The number of carbonyl (C=O) groups excluding carboxylic acids is 1. The van der Waals surface area contributed by atoms with Gasteiger partial charge in [0.2, 0.25) is 0 Å². The van der Waals surface area contributed by atoms with Gasteiger partial charge in [0.15, 0.2) is 0 Å². The lowest BCUT2D eigenvalue weighted by molar-refractivity contribution is -0.138. The Bertz CT molecular complexity index is 595. The molecule has 1 aromatic rings. The summed E-state index contributed by atoms with van der Waals surface area (Å²) in [6.45, 7) is 5.38. The molecule has 1 saturated heterocycles. The Morgan fingerprint density at radius 2 is 1.88 bits per heavy atom. The molecule has 0 unspecified atom stereocenters. The number of aliphatic hydroxyl groups is 1. The predicted molar refractivity (Wildman–Crippen MR) is 82.6 cm³/mol. The maximum Gasteiger partial charge on any atom is 0.416 e. The summed E-state index contributed by atoms with van der Waals surface area (Å²) in [6, 6.07) is 5.26. The highest BCUT2D eigenvalue weighted by molar-refractivity contribution is 5.68. The molecule has 0 radical (unpaired) electrons. The largest absolute Gasteiger partial charge is 0.444 e. The molecule has 1 aliphatic heterocycles. The van der Waals surface area contributed by atoms with Gasteiger partial charge in [0.1, 0.15) is 5.60 Å². The molecule has 24 heavy (non-hydrogen) atoms. The summed E-state index contributed by atoms with van der Waals surface area (Å²) in [5.41, 5.74) is -1.33. The van der Waals surface area contributed by atoms with Gasteiger partial charge in [0.25, 0.3) is 0 Å². The van der Waals surface area contributed by atoms with Gasteiger partial charge in [-0.15, -0.1) is 0 Å². The molecule has 7 heteroatoms. The number of alkyl halides is 3. The van der Waals surface area contributed by atoms with Crippen molar-refractivity contribution in [2.24, 2.45) is 0 Å². The van der Waals surface area contributed by atoms with Gasteiger partial charge in [-0.3, -0.25) is 0 Å². The molecule has 0 bridgehead atoms. The predicted octanol–water partition coefficient (Wildman–Crippen LogP) is 3.79. The van der Waals surface area contributed by atoms with Crippen LogP contribution in [0.1, 0.15) is 44.2 Å².